The highest BCUT2D eigenvalue weighted by Crippen LogP contribution is 2.11. The van der Waals surface area contributed by atoms with E-state index in [-0.39, 0.29) is 0 Å². The van der Waals surface area contributed by atoms with Gasteiger partial charge in [-0.2, -0.15) is 0 Å². The molecule has 0 spiro atoms. The Morgan fingerprint density at radius 1 is 1.40 bits per heavy atom. The van der Waals surface area contributed by atoms with Crippen LogP contribution in [0.5, 0.6) is 0 Å². The monoisotopic (exact) mass is 142 g/mol. The molecule has 0 aromatic carbocycles. The van der Waals surface area contributed by atoms with Gasteiger partial charge in [0.1, 0.15) is 0 Å². The summed E-state index contributed by atoms with van der Waals surface area (Å²) >= 11 is 0. The summed E-state index contributed by atoms with van der Waals surface area (Å²) in [5, 5.41) is 0. The summed E-state index contributed by atoms with van der Waals surface area (Å²) in [6, 6.07) is 0. The van der Waals surface area contributed by atoms with Gasteiger partial charge >= 0.3 is 0 Å². The molecule has 1 nitrogen and oxygen atoms in total. The summed E-state index contributed by atoms with van der Waals surface area (Å²) in [5.74, 6) is 0.911. The van der Waals surface area contributed by atoms with Crippen molar-refractivity contribution in [1.82, 2.24) is 0 Å². The van der Waals surface area contributed by atoms with E-state index in [4.69, 9.17) is 4.74 Å². The van der Waals surface area contributed by atoms with Gasteiger partial charge in [0.25, 0.3) is 0 Å². The number of hydrogen-bond donors (Lipinski definition) is 0. The standard InChI is InChI=1S/C6H12O.C3H6/c1-6-2-4-7-5-3-6;1-3-2/h6H,2-5H2,1H3;3H,1H2,2H3. The summed E-state index contributed by atoms with van der Waals surface area (Å²) in [5.41, 5.74) is 0. The smallest absolute Gasteiger partial charge is 0.0468 e. The molecule has 1 saturated heterocycles. The maximum atomic E-state index is 5.14. The van der Waals surface area contributed by atoms with Crippen LogP contribution in [-0.2, 0) is 4.74 Å². The van der Waals surface area contributed by atoms with Gasteiger partial charge in [-0.3, -0.25) is 0 Å². The van der Waals surface area contributed by atoms with Crippen LogP contribution in [-0.4, -0.2) is 13.2 Å². The maximum absolute atomic E-state index is 5.14. The molecular formula is C9H18O. The zero-order valence-corrected chi connectivity index (χ0v) is 7.10. The van der Waals surface area contributed by atoms with Crippen LogP contribution in [0.15, 0.2) is 12.7 Å². The van der Waals surface area contributed by atoms with Crippen molar-refractivity contribution in [2.45, 2.75) is 26.7 Å². The summed E-state index contributed by atoms with van der Waals surface area (Å²) in [6.45, 7) is 9.50. The van der Waals surface area contributed by atoms with Gasteiger partial charge in [-0.1, -0.05) is 13.0 Å². The molecule has 1 heteroatoms. The molecule has 10 heavy (non-hydrogen) atoms. The largest absolute Gasteiger partial charge is 0.381 e. The molecule has 1 rings (SSSR count). The quantitative estimate of drug-likeness (QED) is 0.472. The maximum Gasteiger partial charge on any atom is 0.0468 e. The lowest BCUT2D eigenvalue weighted by Crippen LogP contribution is -2.12. The van der Waals surface area contributed by atoms with Gasteiger partial charge in [-0.15, -0.1) is 6.58 Å². The molecule has 0 radical (unpaired) electrons. The topological polar surface area (TPSA) is 9.23 Å². The van der Waals surface area contributed by atoms with Crippen LogP contribution < -0.4 is 0 Å². The van der Waals surface area contributed by atoms with Gasteiger partial charge in [0, 0.05) is 13.2 Å². The van der Waals surface area contributed by atoms with E-state index in [1.54, 1.807) is 6.08 Å². The number of allylic oxidation sites excluding steroid dienone is 1. The fourth-order valence-corrected chi connectivity index (χ4v) is 0.815. The van der Waals surface area contributed by atoms with Crippen molar-refractivity contribution < 1.29 is 4.74 Å². The number of hydrogen-bond acceptors (Lipinski definition) is 1. The first-order chi connectivity index (χ1) is 4.81. The van der Waals surface area contributed by atoms with Gasteiger partial charge in [0.2, 0.25) is 0 Å². The van der Waals surface area contributed by atoms with Crippen molar-refractivity contribution in [3.05, 3.63) is 12.7 Å². The van der Waals surface area contributed by atoms with Crippen LogP contribution in [0.3, 0.4) is 0 Å². The van der Waals surface area contributed by atoms with Gasteiger partial charge in [-0.05, 0) is 25.7 Å². The van der Waals surface area contributed by atoms with Crippen LogP contribution in [0.4, 0.5) is 0 Å². The van der Waals surface area contributed by atoms with Crippen molar-refractivity contribution in [2.24, 2.45) is 5.92 Å². The number of ether oxygens (including phenoxy) is 1. The minimum atomic E-state index is 0.911. The fraction of sp³-hybridized carbons (Fsp3) is 0.778. The van der Waals surface area contributed by atoms with E-state index < -0.39 is 0 Å². The van der Waals surface area contributed by atoms with Crippen LogP contribution in [0.25, 0.3) is 0 Å². The Bertz CT molecular complexity index is 72.8. The second kappa shape index (κ2) is 6.81. The van der Waals surface area contributed by atoms with Crippen LogP contribution in [0.1, 0.15) is 26.7 Å². The Labute approximate surface area is 64.1 Å². The van der Waals surface area contributed by atoms with Gasteiger partial charge in [-0.25, -0.2) is 0 Å². The molecule has 1 heterocycles. The predicted molar refractivity (Wildman–Crippen MR) is 45.1 cm³/mol. The summed E-state index contributed by atoms with van der Waals surface area (Å²) < 4.78 is 5.14. The number of rotatable bonds is 0. The predicted octanol–water partition coefficient (Wildman–Crippen LogP) is 2.63. The van der Waals surface area contributed by atoms with Gasteiger partial charge in [0.05, 0.1) is 0 Å². The first kappa shape index (κ1) is 9.70. The normalized spacial score (nSPS) is 19.0. The van der Waals surface area contributed by atoms with Gasteiger partial charge < -0.3 is 4.74 Å². The van der Waals surface area contributed by atoms with Crippen molar-refractivity contribution in [3.63, 3.8) is 0 Å². The highest BCUT2D eigenvalue weighted by atomic mass is 16.5. The van der Waals surface area contributed by atoms with E-state index in [0.717, 1.165) is 19.1 Å². The Morgan fingerprint density at radius 3 is 2.00 bits per heavy atom. The third-order valence-electron chi connectivity index (χ3n) is 1.51. The lowest BCUT2D eigenvalue weighted by molar-refractivity contribution is 0.0716. The average molecular weight is 142 g/mol. The van der Waals surface area contributed by atoms with Crippen molar-refractivity contribution in [2.75, 3.05) is 13.2 Å². The van der Waals surface area contributed by atoms with Crippen LogP contribution in [0, 0.1) is 5.92 Å². The third-order valence-corrected chi connectivity index (χ3v) is 1.51. The van der Waals surface area contributed by atoms with E-state index in [9.17, 15) is 0 Å². The van der Waals surface area contributed by atoms with Crippen molar-refractivity contribution >= 4 is 0 Å². The zero-order chi connectivity index (χ0) is 7.82. The first-order valence-corrected chi connectivity index (χ1v) is 3.96. The zero-order valence-electron chi connectivity index (χ0n) is 7.10. The van der Waals surface area contributed by atoms with E-state index in [0.29, 0.717) is 0 Å². The molecule has 0 saturated carbocycles. The van der Waals surface area contributed by atoms with E-state index >= 15 is 0 Å². The molecule has 0 aliphatic carbocycles. The van der Waals surface area contributed by atoms with E-state index in [1.165, 1.54) is 12.8 Å². The molecule has 0 bridgehead atoms. The molecule has 0 aromatic heterocycles. The first-order valence-electron chi connectivity index (χ1n) is 3.96. The molecule has 0 N–H and O–H groups in total. The molecule has 0 unspecified atom stereocenters. The van der Waals surface area contributed by atoms with Crippen LogP contribution >= 0.6 is 0 Å². The fourth-order valence-electron chi connectivity index (χ4n) is 0.815. The molecular weight excluding hydrogens is 124 g/mol. The SMILES string of the molecule is C=CC.CC1CCOCC1. The second-order valence-corrected chi connectivity index (χ2v) is 2.70. The Balaban J connectivity index is 0.000000236. The van der Waals surface area contributed by atoms with E-state index in [1.807, 2.05) is 6.92 Å². The second-order valence-electron chi connectivity index (χ2n) is 2.70. The average Bonchev–Trinajstić information content (AvgIpc) is 1.91. The van der Waals surface area contributed by atoms with Crippen molar-refractivity contribution in [3.8, 4) is 0 Å². The molecule has 1 aliphatic heterocycles. The summed E-state index contributed by atoms with van der Waals surface area (Å²) in [4.78, 5) is 0. The molecule has 0 atom stereocenters. The van der Waals surface area contributed by atoms with Gasteiger partial charge in [0.15, 0.2) is 0 Å². The Morgan fingerprint density at radius 2 is 1.80 bits per heavy atom. The lowest BCUT2D eigenvalue weighted by Gasteiger charge is -2.16. The van der Waals surface area contributed by atoms with E-state index in [2.05, 4.69) is 13.5 Å². The Hall–Kier alpha value is -0.300. The van der Waals surface area contributed by atoms with Crippen LogP contribution in [0.2, 0.25) is 0 Å². The molecule has 60 valence electrons. The highest BCUT2D eigenvalue weighted by Gasteiger charge is 2.06. The lowest BCUT2D eigenvalue weighted by atomic mass is 10.0. The summed E-state index contributed by atoms with van der Waals surface area (Å²) in [7, 11) is 0. The van der Waals surface area contributed by atoms with Crippen molar-refractivity contribution in [1.29, 1.82) is 0 Å². The Kier molecular flexibility index (Phi) is 6.61. The third kappa shape index (κ3) is 5.83. The molecule has 0 amide bonds. The molecule has 0 aromatic rings. The minimum absolute atomic E-state index is 0.911. The highest BCUT2D eigenvalue weighted by molar-refractivity contribution is 4.55. The molecule has 1 fully saturated rings. The minimum Gasteiger partial charge on any atom is -0.381 e. The summed E-state index contributed by atoms with van der Waals surface area (Å²) in [6.07, 6.45) is 4.28. The molecule has 1 aliphatic rings.